The van der Waals surface area contributed by atoms with Gasteiger partial charge in [0.1, 0.15) is 5.75 Å². The Labute approximate surface area is 199 Å². The topological polar surface area (TPSA) is 56.8 Å². The normalized spacial score (nSPS) is 13.5. The lowest BCUT2D eigenvalue weighted by Gasteiger charge is -2.21. The number of aryl methyl sites for hydroxylation is 2. The summed E-state index contributed by atoms with van der Waals surface area (Å²) in [5.74, 6) is 2.04. The van der Waals surface area contributed by atoms with Crippen LogP contribution in [-0.4, -0.2) is 19.1 Å². The summed E-state index contributed by atoms with van der Waals surface area (Å²) >= 11 is 6.21. The summed E-state index contributed by atoms with van der Waals surface area (Å²) in [6, 6.07) is 18.6. The van der Waals surface area contributed by atoms with E-state index in [1.165, 1.54) is 24.0 Å². The van der Waals surface area contributed by atoms with Crippen molar-refractivity contribution in [1.29, 1.82) is 0 Å². The van der Waals surface area contributed by atoms with E-state index in [9.17, 15) is 4.79 Å². The van der Waals surface area contributed by atoms with E-state index < -0.39 is 6.10 Å². The average Bonchev–Trinajstić information content (AvgIpc) is 2.84. The molecule has 0 saturated heterocycles. The molecule has 0 heterocycles. The molecule has 0 spiro atoms. The third-order valence-electron chi connectivity index (χ3n) is 5.75. The van der Waals surface area contributed by atoms with Crippen LogP contribution in [0.2, 0.25) is 5.02 Å². The van der Waals surface area contributed by atoms with E-state index >= 15 is 0 Å². The molecule has 0 aliphatic heterocycles. The van der Waals surface area contributed by atoms with Crippen LogP contribution in [0.4, 0.5) is 5.69 Å². The molecule has 0 radical (unpaired) electrons. The monoisotopic (exact) mass is 465 g/mol. The number of benzene rings is 3. The first-order valence-corrected chi connectivity index (χ1v) is 11.6. The van der Waals surface area contributed by atoms with Crippen molar-refractivity contribution < 1.29 is 19.0 Å². The first-order valence-electron chi connectivity index (χ1n) is 11.3. The molecule has 1 atom stereocenters. The predicted molar refractivity (Wildman–Crippen MR) is 131 cm³/mol. The molecule has 1 amide bonds. The lowest BCUT2D eigenvalue weighted by Crippen LogP contribution is -2.32. The molecule has 4 rings (SSSR count). The quantitative estimate of drug-likeness (QED) is 0.396. The Morgan fingerprint density at radius 2 is 1.73 bits per heavy atom. The summed E-state index contributed by atoms with van der Waals surface area (Å²) in [5, 5.41) is 3.42. The molecular formula is C27H28ClNO4. The van der Waals surface area contributed by atoms with Crippen molar-refractivity contribution in [2.75, 3.05) is 12.4 Å². The second-order valence-electron chi connectivity index (χ2n) is 8.04. The van der Waals surface area contributed by atoms with Crippen molar-refractivity contribution in [1.82, 2.24) is 0 Å². The minimum Gasteiger partial charge on any atom is -0.493 e. The summed E-state index contributed by atoms with van der Waals surface area (Å²) in [5.41, 5.74) is 3.16. The van der Waals surface area contributed by atoms with Crippen molar-refractivity contribution in [3.05, 3.63) is 76.8 Å². The van der Waals surface area contributed by atoms with Crippen molar-refractivity contribution >= 4 is 23.2 Å². The molecule has 172 valence electrons. The molecule has 6 heteroatoms. The minimum atomic E-state index is -0.648. The zero-order chi connectivity index (χ0) is 23.2. The molecule has 3 aromatic rings. The number of nitrogens with one attached hydrogen (secondary N) is 1. The Hall–Kier alpha value is -3.18. The van der Waals surface area contributed by atoms with Gasteiger partial charge in [-0.15, -0.1) is 0 Å². The number of fused-ring (bicyclic) bond motifs is 1. The third kappa shape index (κ3) is 5.60. The van der Waals surface area contributed by atoms with E-state index in [1.54, 1.807) is 31.4 Å². The van der Waals surface area contributed by atoms with Crippen molar-refractivity contribution in [3.63, 3.8) is 0 Å². The number of rotatable bonds is 8. The van der Waals surface area contributed by atoms with Crippen LogP contribution in [0.1, 0.15) is 37.3 Å². The molecule has 0 saturated carbocycles. The Morgan fingerprint density at radius 1 is 0.970 bits per heavy atom. The van der Waals surface area contributed by atoms with Crippen LogP contribution in [0, 0.1) is 0 Å². The highest BCUT2D eigenvalue weighted by Crippen LogP contribution is 2.36. The number of amides is 1. The number of carbonyl (C=O) groups is 1. The second kappa shape index (κ2) is 10.6. The van der Waals surface area contributed by atoms with Crippen LogP contribution in [0.25, 0.3) is 0 Å². The van der Waals surface area contributed by atoms with Crippen LogP contribution < -0.4 is 19.5 Å². The summed E-state index contributed by atoms with van der Waals surface area (Å²) in [6.07, 6.45) is 4.46. The summed E-state index contributed by atoms with van der Waals surface area (Å²) < 4.78 is 17.5. The van der Waals surface area contributed by atoms with Gasteiger partial charge in [-0.25, -0.2) is 0 Å². The fourth-order valence-corrected chi connectivity index (χ4v) is 4.17. The van der Waals surface area contributed by atoms with Gasteiger partial charge in [0.2, 0.25) is 0 Å². The maximum absolute atomic E-state index is 13.1. The lowest BCUT2D eigenvalue weighted by atomic mass is 9.92. The number of ether oxygens (including phenoxy) is 3. The second-order valence-corrected chi connectivity index (χ2v) is 8.47. The van der Waals surface area contributed by atoms with Crippen molar-refractivity contribution in [2.24, 2.45) is 0 Å². The van der Waals surface area contributed by atoms with Crippen LogP contribution in [-0.2, 0) is 17.6 Å². The van der Waals surface area contributed by atoms with Crippen molar-refractivity contribution in [3.8, 4) is 23.0 Å². The molecule has 33 heavy (non-hydrogen) atoms. The van der Waals surface area contributed by atoms with Crippen LogP contribution in [0.3, 0.4) is 0 Å². The fourth-order valence-electron chi connectivity index (χ4n) is 3.99. The van der Waals surface area contributed by atoms with Gasteiger partial charge in [0.25, 0.3) is 5.91 Å². The molecular weight excluding hydrogens is 438 g/mol. The smallest absolute Gasteiger partial charge is 0.265 e. The third-order valence-corrected chi connectivity index (χ3v) is 5.99. The van der Waals surface area contributed by atoms with Gasteiger partial charge in [-0.1, -0.05) is 36.7 Å². The first-order chi connectivity index (χ1) is 16.1. The standard InChI is InChI=1S/C27H28ClNO4/c1-3-23(32-21-14-12-18-8-4-5-9-19(18)16-21)27(30)29-22-17-20(28)13-15-24(22)33-26-11-7-6-10-25(26)31-2/h6-7,10-17,23H,3-5,8-9H2,1-2H3,(H,29,30). The molecule has 5 nitrogen and oxygen atoms in total. The van der Waals surface area contributed by atoms with Crippen LogP contribution in [0.15, 0.2) is 60.7 Å². The summed E-state index contributed by atoms with van der Waals surface area (Å²) in [4.78, 5) is 13.1. The SMILES string of the molecule is CCC(Oc1ccc2c(c1)CCCC2)C(=O)Nc1cc(Cl)ccc1Oc1ccccc1OC. The number of anilines is 1. The van der Waals surface area contributed by atoms with E-state index in [1.807, 2.05) is 31.2 Å². The van der Waals surface area contributed by atoms with Gasteiger partial charge in [-0.3, -0.25) is 4.79 Å². The number of hydrogen-bond donors (Lipinski definition) is 1. The molecule has 0 fully saturated rings. The number of hydrogen-bond acceptors (Lipinski definition) is 4. The van der Waals surface area contributed by atoms with Gasteiger partial charge in [0.05, 0.1) is 12.8 Å². The summed E-state index contributed by atoms with van der Waals surface area (Å²) in [6.45, 7) is 1.92. The van der Waals surface area contributed by atoms with E-state index in [0.717, 1.165) is 12.8 Å². The lowest BCUT2D eigenvalue weighted by molar-refractivity contribution is -0.122. The minimum absolute atomic E-state index is 0.262. The fraction of sp³-hybridized carbons (Fsp3) is 0.296. The Kier molecular flexibility index (Phi) is 7.40. The molecule has 0 bridgehead atoms. The van der Waals surface area contributed by atoms with E-state index in [0.29, 0.717) is 40.1 Å². The number of methoxy groups -OCH3 is 1. The van der Waals surface area contributed by atoms with Gasteiger partial charge in [0.15, 0.2) is 23.4 Å². The van der Waals surface area contributed by atoms with Crippen molar-refractivity contribution in [2.45, 2.75) is 45.1 Å². The highest BCUT2D eigenvalue weighted by Gasteiger charge is 2.21. The number of para-hydroxylation sites is 2. The molecule has 1 aliphatic rings. The Morgan fingerprint density at radius 3 is 2.48 bits per heavy atom. The molecule has 0 aromatic heterocycles. The van der Waals surface area contributed by atoms with Gasteiger partial charge in [-0.05, 0) is 85.7 Å². The first kappa shape index (κ1) is 23.0. The van der Waals surface area contributed by atoms with Gasteiger partial charge < -0.3 is 19.5 Å². The van der Waals surface area contributed by atoms with Gasteiger partial charge in [-0.2, -0.15) is 0 Å². The van der Waals surface area contributed by atoms with Crippen LogP contribution >= 0.6 is 11.6 Å². The maximum Gasteiger partial charge on any atom is 0.265 e. The molecule has 3 aromatic carbocycles. The average molecular weight is 466 g/mol. The molecule has 1 aliphatic carbocycles. The Balaban J connectivity index is 1.51. The molecule has 1 unspecified atom stereocenters. The van der Waals surface area contributed by atoms with E-state index in [-0.39, 0.29) is 5.91 Å². The van der Waals surface area contributed by atoms with Gasteiger partial charge in [0, 0.05) is 5.02 Å². The zero-order valence-electron chi connectivity index (χ0n) is 18.9. The summed E-state index contributed by atoms with van der Waals surface area (Å²) in [7, 11) is 1.58. The number of halogens is 1. The molecule has 1 N–H and O–H groups in total. The van der Waals surface area contributed by atoms with E-state index in [4.69, 9.17) is 25.8 Å². The maximum atomic E-state index is 13.1. The predicted octanol–water partition coefficient (Wildman–Crippen LogP) is 6.82. The van der Waals surface area contributed by atoms with Gasteiger partial charge >= 0.3 is 0 Å². The largest absolute Gasteiger partial charge is 0.493 e. The highest BCUT2D eigenvalue weighted by atomic mass is 35.5. The Bertz CT molecular complexity index is 1130. The highest BCUT2D eigenvalue weighted by molar-refractivity contribution is 6.31. The van der Waals surface area contributed by atoms with Crippen LogP contribution in [0.5, 0.6) is 23.0 Å². The van der Waals surface area contributed by atoms with E-state index in [2.05, 4.69) is 17.4 Å². The zero-order valence-corrected chi connectivity index (χ0v) is 19.7. The number of carbonyl (C=O) groups excluding carboxylic acids is 1.